The van der Waals surface area contributed by atoms with Crippen LogP contribution in [0.25, 0.3) is 0 Å². The second-order valence-corrected chi connectivity index (χ2v) is 5.05. The van der Waals surface area contributed by atoms with E-state index in [-0.39, 0.29) is 18.4 Å². The Morgan fingerprint density at radius 2 is 2.00 bits per heavy atom. The summed E-state index contributed by atoms with van der Waals surface area (Å²) >= 11 is 0. The van der Waals surface area contributed by atoms with Crippen molar-refractivity contribution in [3.8, 4) is 0 Å². The van der Waals surface area contributed by atoms with Gasteiger partial charge < -0.3 is 14.7 Å². The van der Waals surface area contributed by atoms with Gasteiger partial charge in [-0.3, -0.25) is 9.59 Å². The lowest BCUT2D eigenvalue weighted by Crippen LogP contribution is -2.40. The Balaban J connectivity index is 2.69. The zero-order valence-electron chi connectivity index (χ0n) is 13.6. The van der Waals surface area contributed by atoms with E-state index < -0.39 is 0 Å². The molecule has 1 aromatic heterocycles. The van der Waals surface area contributed by atoms with Crippen LogP contribution in [0, 0.1) is 0 Å². The predicted octanol–water partition coefficient (Wildman–Crippen LogP) is 0.535. The molecule has 0 radical (unpaired) electrons. The first kappa shape index (κ1) is 17.6. The number of hydrogen-bond acceptors (Lipinski definition) is 5. The molecule has 7 nitrogen and oxygen atoms in total. The Morgan fingerprint density at radius 1 is 1.32 bits per heavy atom. The summed E-state index contributed by atoms with van der Waals surface area (Å²) in [5.74, 6) is 0.193. The maximum Gasteiger partial charge on any atom is 0.246 e. The number of hydrogen-bond donors (Lipinski definition) is 0. The Labute approximate surface area is 131 Å². The van der Waals surface area contributed by atoms with Gasteiger partial charge >= 0.3 is 0 Å². The van der Waals surface area contributed by atoms with E-state index in [0.29, 0.717) is 19.0 Å². The summed E-state index contributed by atoms with van der Waals surface area (Å²) in [5, 5.41) is 0. The van der Waals surface area contributed by atoms with Crippen LogP contribution in [-0.4, -0.2) is 65.8 Å². The second-order valence-electron chi connectivity index (χ2n) is 5.05. The summed E-state index contributed by atoms with van der Waals surface area (Å²) in [5.41, 5.74) is 0.743. The van der Waals surface area contributed by atoms with E-state index in [0.717, 1.165) is 5.69 Å². The van der Waals surface area contributed by atoms with Gasteiger partial charge in [0.2, 0.25) is 17.8 Å². The topological polar surface area (TPSA) is 69.6 Å². The van der Waals surface area contributed by atoms with Crippen molar-refractivity contribution in [3.05, 3.63) is 30.6 Å². The second kappa shape index (κ2) is 8.11. The van der Waals surface area contributed by atoms with E-state index in [4.69, 9.17) is 0 Å². The molecule has 0 saturated carbocycles. The van der Waals surface area contributed by atoms with Crippen molar-refractivity contribution in [3.63, 3.8) is 0 Å². The largest absolute Gasteiger partial charge is 0.347 e. The maximum absolute atomic E-state index is 12.2. The fourth-order valence-electron chi connectivity index (χ4n) is 1.78. The van der Waals surface area contributed by atoms with E-state index in [2.05, 4.69) is 16.5 Å². The van der Waals surface area contributed by atoms with E-state index in [1.165, 1.54) is 11.0 Å². The van der Waals surface area contributed by atoms with Gasteiger partial charge in [-0.15, -0.1) is 0 Å². The molecule has 0 atom stereocenters. The molecule has 1 aromatic rings. The Hall–Kier alpha value is -2.44. The Kier molecular flexibility index (Phi) is 6.49. The highest BCUT2D eigenvalue weighted by molar-refractivity contribution is 5.90. The normalized spacial score (nSPS) is 10.0. The molecule has 0 saturated heterocycles. The van der Waals surface area contributed by atoms with Gasteiger partial charge in [-0.05, 0) is 19.1 Å². The number of carbonyl (C=O) groups is 2. The lowest BCUT2D eigenvalue weighted by molar-refractivity contribution is -0.137. The SMILES string of the molecule is C=CC(=O)N(CC)CC(=O)N(C)Cc1ccnc(N(C)C)n1. The first-order chi connectivity index (χ1) is 10.4. The average molecular weight is 305 g/mol. The Morgan fingerprint density at radius 3 is 2.55 bits per heavy atom. The van der Waals surface area contributed by atoms with Crippen molar-refractivity contribution in [2.45, 2.75) is 13.5 Å². The highest BCUT2D eigenvalue weighted by atomic mass is 16.2. The minimum atomic E-state index is -0.249. The molecule has 2 amide bonds. The molecule has 0 unspecified atom stereocenters. The number of rotatable bonds is 7. The lowest BCUT2D eigenvalue weighted by atomic mass is 10.3. The van der Waals surface area contributed by atoms with Gasteiger partial charge in [-0.2, -0.15) is 0 Å². The van der Waals surface area contributed by atoms with Crippen molar-refractivity contribution < 1.29 is 9.59 Å². The summed E-state index contributed by atoms with van der Waals surface area (Å²) in [7, 11) is 5.40. The number of likely N-dealkylation sites (N-methyl/N-ethyl adjacent to an activating group) is 2. The first-order valence-electron chi connectivity index (χ1n) is 7.03. The molecule has 0 spiro atoms. The first-order valence-corrected chi connectivity index (χ1v) is 7.03. The average Bonchev–Trinajstić information content (AvgIpc) is 2.51. The minimum absolute atomic E-state index is 0.0312. The van der Waals surface area contributed by atoms with Crippen LogP contribution in [0.2, 0.25) is 0 Å². The number of carbonyl (C=O) groups excluding carboxylic acids is 2. The van der Waals surface area contributed by atoms with Crippen LogP contribution in [0.3, 0.4) is 0 Å². The Bertz CT molecular complexity index is 544. The molecule has 1 heterocycles. The molecule has 0 N–H and O–H groups in total. The van der Waals surface area contributed by atoms with Crippen molar-refractivity contribution in [1.29, 1.82) is 0 Å². The smallest absolute Gasteiger partial charge is 0.246 e. The van der Waals surface area contributed by atoms with Gasteiger partial charge in [0.05, 0.1) is 18.8 Å². The molecule has 0 aliphatic rings. The summed E-state index contributed by atoms with van der Waals surface area (Å²) in [4.78, 5) is 37.1. The molecule has 22 heavy (non-hydrogen) atoms. The molecular weight excluding hydrogens is 282 g/mol. The van der Waals surface area contributed by atoms with Crippen LogP contribution in [0.5, 0.6) is 0 Å². The summed E-state index contributed by atoms with van der Waals surface area (Å²) in [6.45, 7) is 6.12. The van der Waals surface area contributed by atoms with Crippen molar-refractivity contribution >= 4 is 17.8 Å². The van der Waals surface area contributed by atoms with Crippen LogP contribution >= 0.6 is 0 Å². The zero-order valence-corrected chi connectivity index (χ0v) is 13.6. The summed E-state index contributed by atoms with van der Waals surface area (Å²) in [6.07, 6.45) is 2.88. The third kappa shape index (κ3) is 4.83. The lowest BCUT2D eigenvalue weighted by Gasteiger charge is -2.23. The molecule has 120 valence electrons. The molecule has 1 rings (SSSR count). The van der Waals surface area contributed by atoms with E-state index in [9.17, 15) is 9.59 Å². The van der Waals surface area contributed by atoms with Crippen molar-refractivity contribution in [1.82, 2.24) is 19.8 Å². The van der Waals surface area contributed by atoms with Crippen molar-refractivity contribution in [2.24, 2.45) is 0 Å². The van der Waals surface area contributed by atoms with E-state index in [1.807, 2.05) is 21.0 Å². The van der Waals surface area contributed by atoms with Crippen LogP contribution < -0.4 is 4.90 Å². The highest BCUT2D eigenvalue weighted by Crippen LogP contribution is 2.06. The molecule has 0 bridgehead atoms. The van der Waals surface area contributed by atoms with E-state index >= 15 is 0 Å². The van der Waals surface area contributed by atoms with Crippen LogP contribution in [0.4, 0.5) is 5.95 Å². The van der Waals surface area contributed by atoms with Crippen LogP contribution in [-0.2, 0) is 16.1 Å². The van der Waals surface area contributed by atoms with Gasteiger partial charge in [0.1, 0.15) is 0 Å². The summed E-state index contributed by atoms with van der Waals surface area (Å²) < 4.78 is 0. The molecule has 0 aliphatic carbocycles. The predicted molar refractivity (Wildman–Crippen MR) is 85.3 cm³/mol. The third-order valence-electron chi connectivity index (χ3n) is 3.12. The fourth-order valence-corrected chi connectivity index (χ4v) is 1.78. The number of amides is 2. The maximum atomic E-state index is 12.2. The van der Waals surface area contributed by atoms with Crippen LogP contribution in [0.15, 0.2) is 24.9 Å². The summed E-state index contributed by atoms with van der Waals surface area (Å²) in [6, 6.07) is 1.77. The number of anilines is 1. The molecule has 0 aliphatic heterocycles. The highest BCUT2D eigenvalue weighted by Gasteiger charge is 2.17. The molecular formula is C15H23N5O2. The third-order valence-corrected chi connectivity index (χ3v) is 3.12. The fraction of sp³-hybridized carbons (Fsp3) is 0.467. The standard InChI is InChI=1S/C15H23N5O2/c1-6-13(21)20(7-2)11-14(22)19(5)10-12-8-9-16-15(17-12)18(3)4/h6,8-9H,1,7,10-11H2,2-5H3. The quantitative estimate of drug-likeness (QED) is 0.688. The van der Waals surface area contributed by atoms with E-state index in [1.54, 1.807) is 29.1 Å². The molecule has 0 fully saturated rings. The number of aromatic nitrogens is 2. The van der Waals surface area contributed by atoms with Gasteiger partial charge in [0.25, 0.3) is 0 Å². The minimum Gasteiger partial charge on any atom is -0.347 e. The van der Waals surface area contributed by atoms with Gasteiger partial charge in [0, 0.05) is 33.9 Å². The molecule has 7 heteroatoms. The number of nitrogens with zero attached hydrogens (tertiary/aromatic N) is 5. The van der Waals surface area contributed by atoms with Gasteiger partial charge in [0.15, 0.2) is 0 Å². The van der Waals surface area contributed by atoms with Crippen molar-refractivity contribution in [2.75, 3.05) is 39.1 Å². The monoisotopic (exact) mass is 305 g/mol. The zero-order chi connectivity index (χ0) is 16.7. The molecule has 0 aromatic carbocycles. The van der Waals surface area contributed by atoms with Crippen LogP contribution in [0.1, 0.15) is 12.6 Å². The van der Waals surface area contributed by atoms with Gasteiger partial charge in [-0.1, -0.05) is 6.58 Å². The van der Waals surface area contributed by atoms with Gasteiger partial charge in [-0.25, -0.2) is 9.97 Å².